The molecule has 1 unspecified atom stereocenters. The molecule has 0 aliphatic carbocycles. The first-order valence-corrected chi connectivity index (χ1v) is 46.6. The second-order valence-corrected chi connectivity index (χ2v) is 38.4. The van der Waals surface area contributed by atoms with Gasteiger partial charge < -0.3 is 28.7 Å². The summed E-state index contributed by atoms with van der Waals surface area (Å²) >= 11 is 48.3. The van der Waals surface area contributed by atoms with Crippen LogP contribution in [0.4, 0.5) is 45.6 Å². The van der Waals surface area contributed by atoms with Gasteiger partial charge in [0.1, 0.15) is 43.7 Å². The Morgan fingerprint density at radius 1 is 0.349 bits per heavy atom. The molecule has 41 heteroatoms. The molecule has 652 valence electrons. The number of pyridine rings is 5. The quantitative estimate of drug-likeness (QED) is 0.0698. The number of anilines is 8. The van der Waals surface area contributed by atoms with Crippen LogP contribution in [0.2, 0.25) is 40.2 Å². The zero-order chi connectivity index (χ0) is 90.4. The Hall–Kier alpha value is -11.3. The highest BCUT2D eigenvalue weighted by atomic mass is 35.5. The Morgan fingerprint density at radius 3 is 1.07 bits per heavy atom. The number of aryl methyl sites for hydroxylation is 5. The SMILES string of the molecule is Cc1cc(S(=O)(=O)Nc2cc(Cl)cnc2C(=O)N2CCOc3ccccc32)ccc1Cl.Cc1cc(S(=O)(=O)Nc2cc(Cl)cnc2C(=O)N2CCOc3cccnc32)ccc1Cl.Cc1cc(S(=O)(=O)Nc2cc(Cl)cnc2C(=O)N2c3ccccc3OCC2C)ccc1Cl.Cc1ccc2c(c1)N(C(=O)c1ncc(Cl)cc1NS(=O)(=O)c1ccc(Cl)c(C)c1)CCO2. The lowest BCUT2D eigenvalue weighted by Crippen LogP contribution is -2.45. The number of fused-ring (bicyclic) bond motifs is 4. The predicted molar refractivity (Wildman–Crippen MR) is 487 cm³/mol. The highest BCUT2D eigenvalue weighted by Gasteiger charge is 2.37. The minimum absolute atomic E-state index is 0.00265. The maximum atomic E-state index is 13.5. The molecule has 126 heavy (non-hydrogen) atoms. The molecule has 0 saturated heterocycles. The fraction of sp³-hybridized carbons (Fsp3) is 0.165. The maximum absolute atomic E-state index is 13.5. The van der Waals surface area contributed by atoms with Gasteiger partial charge in [-0.05, 0) is 215 Å². The maximum Gasteiger partial charge on any atom is 0.280 e. The predicted octanol–water partition coefficient (Wildman–Crippen LogP) is 18.2. The van der Waals surface area contributed by atoms with Crippen molar-refractivity contribution in [2.24, 2.45) is 0 Å². The molecule has 0 bridgehead atoms. The van der Waals surface area contributed by atoms with Gasteiger partial charge in [0.15, 0.2) is 34.3 Å². The van der Waals surface area contributed by atoms with Crippen LogP contribution in [0.15, 0.2) is 226 Å². The molecule has 1 atom stereocenters. The third-order valence-corrected chi connectivity index (χ3v) is 27.2. The van der Waals surface area contributed by atoms with Gasteiger partial charge in [-0.1, -0.05) is 123 Å². The Kier molecular flexibility index (Phi) is 28.5. The van der Waals surface area contributed by atoms with Crippen molar-refractivity contribution < 1.29 is 71.8 Å². The topological polar surface area (TPSA) is 367 Å². The van der Waals surface area contributed by atoms with Crippen molar-refractivity contribution in [3.63, 3.8) is 0 Å². The number of para-hydroxylation sites is 4. The summed E-state index contributed by atoms with van der Waals surface area (Å²) in [5.41, 5.74) is 4.69. The zero-order valence-corrected chi connectivity index (χ0v) is 76.2. The van der Waals surface area contributed by atoms with Gasteiger partial charge >= 0.3 is 0 Å². The largest absolute Gasteiger partial charge is 0.490 e. The van der Waals surface area contributed by atoms with Crippen molar-refractivity contribution in [3.05, 3.63) is 298 Å². The van der Waals surface area contributed by atoms with Crippen LogP contribution < -0.4 is 57.4 Å². The number of hydrogen-bond donors (Lipinski definition) is 4. The van der Waals surface area contributed by atoms with E-state index in [1.165, 1.54) is 143 Å². The van der Waals surface area contributed by atoms with Crippen LogP contribution in [0.3, 0.4) is 0 Å². The molecular weight excluding hydrogens is 1870 g/mol. The number of sulfonamides is 4. The molecule has 4 N–H and O–H groups in total. The highest BCUT2D eigenvalue weighted by molar-refractivity contribution is 7.93. The molecule has 16 rings (SSSR count). The van der Waals surface area contributed by atoms with Crippen molar-refractivity contribution >= 4 is 202 Å². The van der Waals surface area contributed by atoms with Crippen LogP contribution in [0.5, 0.6) is 23.0 Å². The van der Waals surface area contributed by atoms with Gasteiger partial charge in [0.2, 0.25) is 0 Å². The zero-order valence-electron chi connectivity index (χ0n) is 66.9. The van der Waals surface area contributed by atoms with E-state index in [0.717, 1.165) is 5.56 Å². The molecule has 0 saturated carbocycles. The third-order valence-electron chi connectivity index (χ3n) is 19.2. The number of ether oxygens (including phenoxy) is 4. The smallest absolute Gasteiger partial charge is 0.280 e. The van der Waals surface area contributed by atoms with Gasteiger partial charge in [-0.3, -0.25) is 47.9 Å². The summed E-state index contributed by atoms with van der Waals surface area (Å²) in [5, 5.41) is 2.51. The molecule has 4 amide bonds. The van der Waals surface area contributed by atoms with E-state index < -0.39 is 63.7 Å². The summed E-state index contributed by atoms with van der Waals surface area (Å²) in [6, 6.07) is 45.6. The van der Waals surface area contributed by atoms with Crippen molar-refractivity contribution in [1.82, 2.24) is 24.9 Å². The molecule has 0 spiro atoms. The normalized spacial score (nSPS) is 13.9. The second kappa shape index (κ2) is 38.9. The Balaban J connectivity index is 0.000000144. The number of nitrogens with zero attached hydrogens (tertiary/aromatic N) is 9. The number of nitrogens with one attached hydrogen (secondary N) is 4. The van der Waals surface area contributed by atoms with Gasteiger partial charge in [-0.25, -0.2) is 58.6 Å². The third kappa shape index (κ3) is 21.2. The second-order valence-electron chi connectivity index (χ2n) is 28.2. The highest BCUT2D eigenvalue weighted by Crippen LogP contribution is 2.41. The average Bonchev–Trinajstić information content (AvgIpc) is 0.784. The Bertz CT molecular complexity index is 6620. The Labute approximate surface area is 765 Å². The van der Waals surface area contributed by atoms with E-state index in [2.05, 4.69) is 43.8 Å². The molecule has 12 aromatic rings. The standard InChI is InChI=1S/2C22H19Cl2N3O4S.C21H17Cl2N3O4S.C20H16Cl2N4O4S/c1-13-3-6-20-19(9-13)27(7-8-31-20)22(28)21-18(11-15(23)12-25-21)26-32(29,30)16-4-5-17(24)14(2)10-16;1-13-9-16(7-8-17(13)24)32(29,30)26-18-10-15(23)11-25-21(18)22(28)27-14(2)12-31-20-6-4-3-5-19(20)27;1-13-10-15(6-7-16(13)23)31(28,29)25-17-11-14(22)12-24-20(17)21(27)26-8-9-30-19-5-3-2-4-18(19)26;1-12-9-14(4-5-15(12)22)31(28,29)25-16-10-13(21)11-24-18(16)20(27)26-7-8-30-17-3-2-6-23-19(17)26/h3-6,9-12,26H,7-8H2,1-2H3;3-11,14,26H,12H2,1-2H3;2-7,10-12,25H,8-9H2,1H3;2-6,9-11,25H,7-8H2,1H3. The monoisotopic (exact) mass is 1940 g/mol. The fourth-order valence-corrected chi connectivity index (χ4v) is 18.6. The fourth-order valence-electron chi connectivity index (χ4n) is 13.0. The van der Waals surface area contributed by atoms with Crippen LogP contribution in [0.25, 0.3) is 0 Å². The molecule has 0 fully saturated rings. The van der Waals surface area contributed by atoms with E-state index in [1.807, 2.05) is 32.0 Å². The van der Waals surface area contributed by atoms with Crippen molar-refractivity contribution in [1.29, 1.82) is 0 Å². The van der Waals surface area contributed by atoms with Gasteiger partial charge in [0, 0.05) is 51.1 Å². The minimum Gasteiger partial charge on any atom is -0.490 e. The Morgan fingerprint density at radius 2 is 0.675 bits per heavy atom. The molecule has 5 aromatic heterocycles. The summed E-state index contributed by atoms with van der Waals surface area (Å²) in [5.74, 6) is 0.524. The summed E-state index contributed by atoms with van der Waals surface area (Å²) < 4.78 is 136. The first kappa shape index (κ1) is 92.4. The molecule has 0 radical (unpaired) electrons. The van der Waals surface area contributed by atoms with Crippen molar-refractivity contribution in [2.75, 3.05) is 84.5 Å². The van der Waals surface area contributed by atoms with Gasteiger partial charge in [0.25, 0.3) is 63.7 Å². The number of carbonyl (C=O) groups is 4. The number of halogens is 8. The van der Waals surface area contributed by atoms with Crippen LogP contribution >= 0.6 is 92.8 Å². The number of amides is 4. The van der Waals surface area contributed by atoms with Crippen LogP contribution in [-0.4, -0.2) is 134 Å². The van der Waals surface area contributed by atoms with E-state index >= 15 is 0 Å². The van der Waals surface area contributed by atoms with Gasteiger partial charge in [-0.2, -0.15) is 0 Å². The van der Waals surface area contributed by atoms with Gasteiger partial charge in [-0.15, -0.1) is 0 Å². The molecule has 7 aromatic carbocycles. The molecule has 4 aliphatic rings. The number of aromatic nitrogens is 5. The lowest BCUT2D eigenvalue weighted by Gasteiger charge is -2.35. The van der Waals surface area contributed by atoms with Crippen LogP contribution in [0.1, 0.15) is 76.7 Å². The first-order chi connectivity index (χ1) is 59.8. The minimum atomic E-state index is -4.03. The average molecular weight is 1940 g/mol. The number of benzene rings is 7. The van der Waals surface area contributed by atoms with E-state index in [9.17, 15) is 52.8 Å². The van der Waals surface area contributed by atoms with Crippen LogP contribution in [-0.2, 0) is 40.1 Å². The molecular formula is C85H71Cl8N13O16S4. The van der Waals surface area contributed by atoms with E-state index in [1.54, 1.807) is 93.3 Å². The van der Waals surface area contributed by atoms with Crippen LogP contribution in [0, 0.1) is 34.6 Å². The number of hydrogen-bond acceptors (Lipinski definition) is 21. The van der Waals surface area contributed by atoms with Crippen molar-refractivity contribution in [2.45, 2.75) is 67.2 Å². The summed E-state index contributed by atoms with van der Waals surface area (Å²) in [6.45, 7) is 12.5. The summed E-state index contributed by atoms with van der Waals surface area (Å²) in [6.07, 6.45) is 6.71. The summed E-state index contributed by atoms with van der Waals surface area (Å²) in [4.78, 5) is 80.3. The number of rotatable bonds is 16. The van der Waals surface area contributed by atoms with E-state index in [-0.39, 0.29) is 104 Å². The molecule has 29 nitrogen and oxygen atoms in total. The van der Waals surface area contributed by atoms with E-state index in [0.29, 0.717) is 121 Å². The van der Waals surface area contributed by atoms with Gasteiger partial charge in [0.05, 0.1) is 105 Å². The lowest BCUT2D eigenvalue weighted by molar-refractivity contribution is 0.0952. The lowest BCUT2D eigenvalue weighted by atomic mass is 10.1. The number of carbonyl (C=O) groups excluding carboxylic acids is 4. The molecule has 4 aliphatic heterocycles. The first-order valence-electron chi connectivity index (χ1n) is 37.7. The van der Waals surface area contributed by atoms with Crippen molar-refractivity contribution in [3.8, 4) is 23.0 Å². The molecule has 9 heterocycles. The van der Waals surface area contributed by atoms with E-state index in [4.69, 9.17) is 112 Å². The summed E-state index contributed by atoms with van der Waals surface area (Å²) in [7, 11) is -16.1.